The van der Waals surface area contributed by atoms with Gasteiger partial charge in [0.05, 0.1) is 10.6 Å². The Labute approximate surface area is 106 Å². The van der Waals surface area contributed by atoms with Crippen LogP contribution in [0.4, 0.5) is 10.1 Å². The lowest BCUT2D eigenvalue weighted by Crippen LogP contribution is -2.35. The Bertz CT molecular complexity index is 596. The van der Waals surface area contributed by atoms with Crippen LogP contribution in [0.15, 0.2) is 34.7 Å². The fourth-order valence-corrected chi connectivity index (χ4v) is 3.45. The molecule has 0 radical (unpaired) electrons. The number of hydrogen-bond acceptors (Lipinski definition) is 3. The highest BCUT2D eigenvalue weighted by Gasteiger charge is 2.26. The first kappa shape index (κ1) is 13.0. The summed E-state index contributed by atoms with van der Waals surface area (Å²) < 4.78 is 39.1. The minimum Gasteiger partial charge on any atom is -0.396 e. The number of rotatable bonds is 2. The molecule has 1 heterocycles. The van der Waals surface area contributed by atoms with Gasteiger partial charge < -0.3 is 5.73 Å². The molecule has 0 amide bonds. The molecule has 0 unspecified atom stereocenters. The number of nitrogens with zero attached hydrogens (tertiary/aromatic N) is 1. The summed E-state index contributed by atoms with van der Waals surface area (Å²) in [5.74, 6) is -0.608. The Morgan fingerprint density at radius 1 is 1.39 bits per heavy atom. The van der Waals surface area contributed by atoms with E-state index in [9.17, 15) is 12.8 Å². The second-order valence-electron chi connectivity index (χ2n) is 4.36. The summed E-state index contributed by atoms with van der Waals surface area (Å²) in [6.07, 6.45) is 2.72. The number of nitrogens with two attached hydrogens (primary N) is 1. The van der Waals surface area contributed by atoms with E-state index >= 15 is 0 Å². The Kier molecular flexibility index (Phi) is 3.41. The highest BCUT2D eigenvalue weighted by atomic mass is 32.2. The van der Waals surface area contributed by atoms with E-state index in [4.69, 9.17) is 5.73 Å². The number of halogens is 1. The molecule has 2 rings (SSSR count). The van der Waals surface area contributed by atoms with Crippen molar-refractivity contribution < 1.29 is 12.8 Å². The molecular weight excluding hydrogens is 255 g/mol. The Morgan fingerprint density at radius 2 is 2.11 bits per heavy atom. The molecule has 1 aromatic carbocycles. The maximum Gasteiger partial charge on any atom is 0.243 e. The van der Waals surface area contributed by atoms with Crippen LogP contribution in [0.1, 0.15) is 13.3 Å². The molecule has 0 fully saturated rings. The number of sulfonamides is 1. The summed E-state index contributed by atoms with van der Waals surface area (Å²) >= 11 is 0. The zero-order chi connectivity index (χ0) is 13.3. The first-order valence-corrected chi connectivity index (χ1v) is 7.06. The lowest BCUT2D eigenvalue weighted by Gasteiger charge is -2.25. The summed E-state index contributed by atoms with van der Waals surface area (Å²) in [6.45, 7) is 2.71. The van der Waals surface area contributed by atoms with E-state index in [1.807, 2.05) is 13.0 Å². The van der Waals surface area contributed by atoms with Crippen LogP contribution in [0, 0.1) is 5.82 Å². The minimum absolute atomic E-state index is 0.0381. The van der Waals surface area contributed by atoms with E-state index in [-0.39, 0.29) is 10.6 Å². The molecule has 0 aliphatic carbocycles. The minimum atomic E-state index is -3.59. The van der Waals surface area contributed by atoms with Gasteiger partial charge in [-0.25, -0.2) is 12.8 Å². The third kappa shape index (κ3) is 2.39. The topological polar surface area (TPSA) is 63.4 Å². The van der Waals surface area contributed by atoms with E-state index in [2.05, 4.69) is 0 Å². The number of anilines is 1. The van der Waals surface area contributed by atoms with Crippen molar-refractivity contribution >= 4 is 15.7 Å². The lowest BCUT2D eigenvalue weighted by atomic mass is 10.2. The third-order valence-electron chi connectivity index (χ3n) is 2.90. The molecule has 0 saturated carbocycles. The zero-order valence-electron chi connectivity index (χ0n) is 10.1. The number of hydrogen-bond donors (Lipinski definition) is 1. The highest BCUT2D eigenvalue weighted by Crippen LogP contribution is 2.23. The maximum atomic E-state index is 13.0. The van der Waals surface area contributed by atoms with Crippen molar-refractivity contribution in [2.45, 2.75) is 18.2 Å². The zero-order valence-corrected chi connectivity index (χ0v) is 10.9. The van der Waals surface area contributed by atoms with Gasteiger partial charge in [0.1, 0.15) is 5.82 Å². The maximum absolute atomic E-state index is 13.0. The van der Waals surface area contributed by atoms with Crippen LogP contribution >= 0.6 is 0 Å². The molecular formula is C12H15FN2O2S. The quantitative estimate of drug-likeness (QED) is 0.658. The summed E-state index contributed by atoms with van der Waals surface area (Å²) in [6, 6.07) is 3.49. The second kappa shape index (κ2) is 4.70. The molecule has 6 heteroatoms. The highest BCUT2D eigenvalue weighted by molar-refractivity contribution is 7.89. The van der Waals surface area contributed by atoms with Crippen LogP contribution in [0.3, 0.4) is 0 Å². The predicted molar refractivity (Wildman–Crippen MR) is 67.9 cm³/mol. The van der Waals surface area contributed by atoms with Crippen LogP contribution < -0.4 is 5.73 Å². The van der Waals surface area contributed by atoms with Crippen molar-refractivity contribution in [1.82, 2.24) is 4.31 Å². The standard InChI is InChI=1S/C12H15FN2O2S/c1-9-3-2-6-15(8-9)18(16,17)10-4-5-11(13)12(14)7-10/h3-5,7H,2,6,8,14H2,1H3. The monoisotopic (exact) mass is 270 g/mol. The first-order chi connectivity index (χ1) is 8.41. The fourth-order valence-electron chi connectivity index (χ4n) is 1.91. The normalized spacial score (nSPS) is 17.6. The Balaban J connectivity index is 2.36. The van der Waals surface area contributed by atoms with Gasteiger partial charge in [-0.3, -0.25) is 0 Å². The van der Waals surface area contributed by atoms with E-state index in [0.29, 0.717) is 19.5 Å². The van der Waals surface area contributed by atoms with Gasteiger partial charge in [0, 0.05) is 13.1 Å². The van der Waals surface area contributed by atoms with Crippen molar-refractivity contribution in [3.63, 3.8) is 0 Å². The van der Waals surface area contributed by atoms with Crippen LogP contribution in [-0.2, 0) is 10.0 Å². The van der Waals surface area contributed by atoms with Crippen molar-refractivity contribution in [2.24, 2.45) is 0 Å². The van der Waals surface area contributed by atoms with E-state index in [1.165, 1.54) is 16.4 Å². The van der Waals surface area contributed by atoms with Gasteiger partial charge in [0.25, 0.3) is 0 Å². The fraction of sp³-hybridized carbons (Fsp3) is 0.333. The Hall–Kier alpha value is -1.40. The molecule has 1 aromatic rings. The van der Waals surface area contributed by atoms with Gasteiger partial charge in [-0.05, 0) is 31.5 Å². The average Bonchev–Trinajstić information content (AvgIpc) is 2.32. The van der Waals surface area contributed by atoms with Crippen LogP contribution in [0.5, 0.6) is 0 Å². The SMILES string of the molecule is CC1=CCCN(S(=O)(=O)c2ccc(F)c(N)c2)C1. The number of nitrogen functional groups attached to an aromatic ring is 1. The summed E-state index contributed by atoms with van der Waals surface area (Å²) in [5.41, 5.74) is 6.27. The molecule has 0 bridgehead atoms. The van der Waals surface area contributed by atoms with Gasteiger partial charge in [0.15, 0.2) is 0 Å². The van der Waals surface area contributed by atoms with Crippen molar-refractivity contribution in [2.75, 3.05) is 18.8 Å². The molecule has 0 saturated heterocycles. The molecule has 0 aromatic heterocycles. The van der Waals surface area contributed by atoms with Gasteiger partial charge in [0.2, 0.25) is 10.0 Å². The summed E-state index contributed by atoms with van der Waals surface area (Å²) in [5, 5.41) is 0. The molecule has 1 aliphatic rings. The van der Waals surface area contributed by atoms with Gasteiger partial charge >= 0.3 is 0 Å². The number of benzene rings is 1. The predicted octanol–water partition coefficient (Wildman–Crippen LogP) is 1.75. The van der Waals surface area contributed by atoms with E-state index < -0.39 is 15.8 Å². The van der Waals surface area contributed by atoms with E-state index in [0.717, 1.165) is 11.6 Å². The lowest BCUT2D eigenvalue weighted by molar-refractivity contribution is 0.428. The average molecular weight is 270 g/mol. The van der Waals surface area contributed by atoms with Crippen LogP contribution in [-0.4, -0.2) is 25.8 Å². The molecule has 1 aliphatic heterocycles. The van der Waals surface area contributed by atoms with Crippen molar-refractivity contribution in [1.29, 1.82) is 0 Å². The first-order valence-electron chi connectivity index (χ1n) is 5.62. The van der Waals surface area contributed by atoms with Gasteiger partial charge in [-0.2, -0.15) is 4.31 Å². The molecule has 0 atom stereocenters. The van der Waals surface area contributed by atoms with Crippen molar-refractivity contribution in [3.8, 4) is 0 Å². The second-order valence-corrected chi connectivity index (χ2v) is 6.30. The Morgan fingerprint density at radius 3 is 2.72 bits per heavy atom. The molecule has 4 nitrogen and oxygen atoms in total. The smallest absolute Gasteiger partial charge is 0.243 e. The van der Waals surface area contributed by atoms with Gasteiger partial charge in [-0.15, -0.1) is 0 Å². The molecule has 98 valence electrons. The molecule has 18 heavy (non-hydrogen) atoms. The molecule has 2 N–H and O–H groups in total. The molecule has 0 spiro atoms. The van der Waals surface area contributed by atoms with Crippen LogP contribution in [0.25, 0.3) is 0 Å². The largest absolute Gasteiger partial charge is 0.396 e. The summed E-state index contributed by atoms with van der Waals surface area (Å²) in [4.78, 5) is 0.0381. The summed E-state index contributed by atoms with van der Waals surface area (Å²) in [7, 11) is -3.59. The van der Waals surface area contributed by atoms with E-state index in [1.54, 1.807) is 0 Å². The van der Waals surface area contributed by atoms with Crippen molar-refractivity contribution in [3.05, 3.63) is 35.7 Å². The third-order valence-corrected chi connectivity index (χ3v) is 4.74. The van der Waals surface area contributed by atoms with Crippen LogP contribution in [0.2, 0.25) is 0 Å². The van der Waals surface area contributed by atoms with Gasteiger partial charge in [-0.1, -0.05) is 11.6 Å².